The number of nitrogens with one attached hydrogen (secondary N) is 1. The zero-order chi connectivity index (χ0) is 12.3. The molecule has 0 amide bonds. The molecule has 6 nitrogen and oxygen atoms in total. The lowest BCUT2D eigenvalue weighted by atomic mass is 10.2. The smallest absolute Gasteiger partial charge is 0.225 e. The summed E-state index contributed by atoms with van der Waals surface area (Å²) in [5, 5.41) is 7.86. The predicted octanol–water partition coefficient (Wildman–Crippen LogP) is 0.484. The molecule has 1 aliphatic rings. The van der Waals surface area contributed by atoms with Gasteiger partial charge in [0.25, 0.3) is 0 Å². The lowest BCUT2D eigenvalue weighted by Gasteiger charge is -2.21. The van der Waals surface area contributed by atoms with Crippen LogP contribution in [0.3, 0.4) is 0 Å². The summed E-state index contributed by atoms with van der Waals surface area (Å²) in [4.78, 5) is 5.51. The summed E-state index contributed by atoms with van der Waals surface area (Å²) in [7, 11) is 0. The van der Waals surface area contributed by atoms with Crippen LogP contribution in [-0.2, 0) is 0 Å². The van der Waals surface area contributed by atoms with Crippen molar-refractivity contribution in [2.24, 2.45) is 16.5 Å². The molecule has 1 aliphatic heterocycles. The number of ether oxygens (including phenoxy) is 1. The topological polar surface area (TPSA) is 101 Å². The second-order valence-electron chi connectivity index (χ2n) is 3.68. The monoisotopic (exact) mass is 233 g/mol. The molecule has 0 aliphatic carbocycles. The number of anilines is 1. The van der Waals surface area contributed by atoms with Crippen LogP contribution in [0.4, 0.5) is 5.69 Å². The first-order chi connectivity index (χ1) is 8.18. The first-order valence-corrected chi connectivity index (χ1v) is 5.36. The Morgan fingerprint density at radius 3 is 2.88 bits per heavy atom. The molecule has 0 unspecified atom stereocenters. The van der Waals surface area contributed by atoms with Crippen LogP contribution < -0.4 is 21.1 Å². The van der Waals surface area contributed by atoms with Crippen LogP contribution in [0.2, 0.25) is 0 Å². The molecule has 0 saturated carbocycles. The maximum atomic E-state index is 7.86. The Balaban J connectivity index is 2.35. The van der Waals surface area contributed by atoms with Crippen molar-refractivity contribution in [2.75, 3.05) is 18.1 Å². The average Bonchev–Trinajstić information content (AvgIpc) is 2.50. The number of nitrogens with two attached hydrogens (primary N) is 2. The van der Waals surface area contributed by atoms with Crippen molar-refractivity contribution < 1.29 is 4.74 Å². The number of aliphatic imine (C=N–C) groups is 1. The second-order valence-corrected chi connectivity index (χ2v) is 3.68. The third-order valence-electron chi connectivity index (χ3n) is 2.43. The van der Waals surface area contributed by atoms with Crippen LogP contribution in [0.5, 0.6) is 5.75 Å². The fourth-order valence-electron chi connectivity index (χ4n) is 1.73. The molecule has 90 valence electrons. The van der Waals surface area contributed by atoms with Gasteiger partial charge in [-0.1, -0.05) is 12.1 Å². The molecule has 17 heavy (non-hydrogen) atoms. The minimum absolute atomic E-state index is 0.0305. The van der Waals surface area contributed by atoms with E-state index in [4.69, 9.17) is 21.6 Å². The minimum Gasteiger partial charge on any atom is -0.491 e. The third-order valence-corrected chi connectivity index (χ3v) is 2.43. The summed E-state index contributed by atoms with van der Waals surface area (Å²) in [6.45, 7) is 1.29. The van der Waals surface area contributed by atoms with E-state index < -0.39 is 0 Å². The summed E-state index contributed by atoms with van der Waals surface area (Å²) in [5.74, 6) is 0.668. The van der Waals surface area contributed by atoms with Crippen LogP contribution in [0.15, 0.2) is 29.3 Å². The quantitative estimate of drug-likeness (QED) is 0.448. The highest BCUT2D eigenvalue weighted by Crippen LogP contribution is 2.30. The molecule has 0 spiro atoms. The predicted molar refractivity (Wildman–Crippen MR) is 67.4 cm³/mol. The molecular weight excluding hydrogens is 218 g/mol. The van der Waals surface area contributed by atoms with Crippen LogP contribution in [0, 0.1) is 5.41 Å². The minimum atomic E-state index is -0.113. The molecule has 0 atom stereocenters. The Bertz CT molecular complexity index is 453. The van der Waals surface area contributed by atoms with Gasteiger partial charge in [0.2, 0.25) is 5.96 Å². The molecule has 0 fully saturated rings. The largest absolute Gasteiger partial charge is 0.491 e. The molecular formula is C11H15N5O. The van der Waals surface area contributed by atoms with Gasteiger partial charge in [0.15, 0.2) is 5.96 Å². The summed E-state index contributed by atoms with van der Waals surface area (Å²) >= 11 is 0. The molecule has 0 aromatic heterocycles. The van der Waals surface area contributed by atoms with E-state index in [0.717, 1.165) is 17.9 Å². The van der Waals surface area contributed by atoms with Crippen LogP contribution in [0.25, 0.3) is 0 Å². The number of nitrogens with zero attached hydrogens (tertiary/aromatic N) is 2. The Hall–Kier alpha value is -2.24. The Morgan fingerprint density at radius 2 is 2.12 bits per heavy atom. The van der Waals surface area contributed by atoms with E-state index >= 15 is 0 Å². The Labute approximate surface area is 99.4 Å². The number of para-hydroxylation sites is 2. The molecule has 1 heterocycles. The summed E-state index contributed by atoms with van der Waals surface area (Å²) in [6, 6.07) is 7.55. The normalized spacial score (nSPS) is 14.2. The summed E-state index contributed by atoms with van der Waals surface area (Å²) in [6.07, 6.45) is 0.817. The highest BCUT2D eigenvalue weighted by Gasteiger charge is 2.19. The highest BCUT2D eigenvalue weighted by molar-refractivity contribution is 6.02. The van der Waals surface area contributed by atoms with Crippen LogP contribution >= 0.6 is 0 Å². The zero-order valence-corrected chi connectivity index (χ0v) is 9.39. The summed E-state index contributed by atoms with van der Waals surface area (Å²) < 4.78 is 5.58. The highest BCUT2D eigenvalue weighted by atomic mass is 16.5. The van der Waals surface area contributed by atoms with Crippen molar-refractivity contribution in [3.05, 3.63) is 24.3 Å². The first-order valence-electron chi connectivity index (χ1n) is 5.36. The Kier molecular flexibility index (Phi) is 3.13. The molecule has 2 rings (SSSR count). The van der Waals surface area contributed by atoms with E-state index in [-0.39, 0.29) is 11.9 Å². The van der Waals surface area contributed by atoms with Gasteiger partial charge in [-0.15, -0.1) is 0 Å². The van der Waals surface area contributed by atoms with Crippen molar-refractivity contribution >= 4 is 17.6 Å². The summed E-state index contributed by atoms with van der Waals surface area (Å²) in [5.41, 5.74) is 11.4. The maximum absolute atomic E-state index is 7.86. The van der Waals surface area contributed by atoms with Gasteiger partial charge in [-0.3, -0.25) is 5.41 Å². The first kappa shape index (κ1) is 11.3. The number of hydrogen-bond donors (Lipinski definition) is 3. The maximum Gasteiger partial charge on any atom is 0.225 e. The van der Waals surface area contributed by atoms with Gasteiger partial charge in [0, 0.05) is 6.54 Å². The van der Waals surface area contributed by atoms with Crippen molar-refractivity contribution in [1.82, 2.24) is 0 Å². The standard InChI is InChI=1S/C11H15N5O/c12-10(13)15-11(14)16-6-3-7-17-9-5-2-1-4-8(9)16/h1-2,4-5H,3,6-7H2,(H5,12,13,14,15). The number of hydrogen-bond acceptors (Lipinski definition) is 2. The van der Waals surface area contributed by atoms with Gasteiger partial charge in [0.1, 0.15) is 5.75 Å². The van der Waals surface area contributed by atoms with Gasteiger partial charge in [-0.2, -0.15) is 4.99 Å². The van der Waals surface area contributed by atoms with Gasteiger partial charge in [0.05, 0.1) is 12.3 Å². The lowest BCUT2D eigenvalue weighted by Crippen LogP contribution is -2.33. The van der Waals surface area contributed by atoms with Gasteiger partial charge in [-0.25, -0.2) is 0 Å². The van der Waals surface area contributed by atoms with Crippen LogP contribution in [0.1, 0.15) is 6.42 Å². The number of fused-ring (bicyclic) bond motifs is 1. The van der Waals surface area contributed by atoms with E-state index in [1.54, 1.807) is 4.90 Å². The van der Waals surface area contributed by atoms with E-state index in [9.17, 15) is 0 Å². The van der Waals surface area contributed by atoms with Crippen molar-refractivity contribution in [3.8, 4) is 5.75 Å². The Morgan fingerprint density at radius 1 is 1.35 bits per heavy atom. The molecule has 0 bridgehead atoms. The fraction of sp³-hybridized carbons (Fsp3) is 0.273. The SMILES string of the molecule is N=C(N=C(N)N)N1CCCOc2ccccc21. The number of benzene rings is 1. The van der Waals surface area contributed by atoms with E-state index in [1.807, 2.05) is 24.3 Å². The van der Waals surface area contributed by atoms with Crippen molar-refractivity contribution in [3.63, 3.8) is 0 Å². The van der Waals surface area contributed by atoms with Crippen molar-refractivity contribution in [2.45, 2.75) is 6.42 Å². The molecule has 0 saturated heterocycles. The van der Waals surface area contributed by atoms with E-state index in [2.05, 4.69) is 4.99 Å². The molecule has 1 aromatic carbocycles. The molecule has 5 N–H and O–H groups in total. The lowest BCUT2D eigenvalue weighted by molar-refractivity contribution is 0.322. The molecule has 0 radical (unpaired) electrons. The van der Waals surface area contributed by atoms with Crippen LogP contribution in [-0.4, -0.2) is 25.1 Å². The fourth-order valence-corrected chi connectivity index (χ4v) is 1.73. The number of rotatable bonds is 0. The number of guanidine groups is 2. The van der Waals surface area contributed by atoms with Gasteiger partial charge in [-0.05, 0) is 18.6 Å². The molecule has 6 heteroatoms. The van der Waals surface area contributed by atoms with E-state index in [1.165, 1.54) is 0 Å². The van der Waals surface area contributed by atoms with Gasteiger partial charge >= 0.3 is 0 Å². The average molecular weight is 233 g/mol. The second kappa shape index (κ2) is 4.73. The van der Waals surface area contributed by atoms with Crippen molar-refractivity contribution in [1.29, 1.82) is 5.41 Å². The van der Waals surface area contributed by atoms with E-state index in [0.29, 0.717) is 13.2 Å². The third kappa shape index (κ3) is 2.47. The van der Waals surface area contributed by atoms with Gasteiger partial charge < -0.3 is 21.1 Å². The zero-order valence-electron chi connectivity index (χ0n) is 9.39. The molecule has 1 aromatic rings.